The summed E-state index contributed by atoms with van der Waals surface area (Å²) in [6, 6.07) is 3.20. The predicted molar refractivity (Wildman–Crippen MR) is 141 cm³/mol. The van der Waals surface area contributed by atoms with Crippen LogP contribution in [0.3, 0.4) is 0 Å². The number of piperidine rings is 1. The van der Waals surface area contributed by atoms with Gasteiger partial charge in [-0.1, -0.05) is 0 Å². The maximum absolute atomic E-state index is 13.0. The van der Waals surface area contributed by atoms with E-state index in [1.165, 1.54) is 6.20 Å². The summed E-state index contributed by atoms with van der Waals surface area (Å²) in [5, 5.41) is 5.62. The Morgan fingerprint density at radius 2 is 1.93 bits per heavy atom. The summed E-state index contributed by atoms with van der Waals surface area (Å²) in [5.74, 6) is -0.388. The summed E-state index contributed by atoms with van der Waals surface area (Å²) < 4.78 is 54.5. The fourth-order valence-corrected chi connectivity index (χ4v) is 4.62. The minimum atomic E-state index is -4.66. The molecule has 40 heavy (non-hydrogen) atoms. The Morgan fingerprint density at radius 1 is 1.15 bits per heavy atom. The first-order chi connectivity index (χ1) is 18.8. The van der Waals surface area contributed by atoms with Gasteiger partial charge >= 0.3 is 12.3 Å². The number of rotatable bonds is 6. The Morgan fingerprint density at radius 3 is 2.60 bits per heavy atom. The fraction of sp³-hybridized carbons (Fsp3) is 0.440. The highest BCUT2D eigenvalue weighted by molar-refractivity contribution is 7.10. The Labute approximate surface area is 232 Å². The molecule has 15 heteroatoms. The molecule has 2 amide bonds. The number of halogens is 3. The van der Waals surface area contributed by atoms with Crippen molar-refractivity contribution in [2.24, 2.45) is 0 Å². The van der Waals surface area contributed by atoms with Crippen molar-refractivity contribution >= 4 is 40.0 Å². The van der Waals surface area contributed by atoms with Gasteiger partial charge in [-0.25, -0.2) is 14.8 Å². The van der Waals surface area contributed by atoms with Crippen molar-refractivity contribution in [3.63, 3.8) is 0 Å². The molecule has 4 rings (SSSR count). The Balaban J connectivity index is 1.38. The molecule has 0 aliphatic carbocycles. The van der Waals surface area contributed by atoms with Gasteiger partial charge in [0.2, 0.25) is 5.88 Å². The van der Waals surface area contributed by atoms with E-state index in [0.29, 0.717) is 36.5 Å². The van der Waals surface area contributed by atoms with Gasteiger partial charge in [0.1, 0.15) is 22.5 Å². The SMILES string of the molecule is Cc1nsc(Nc2cncc(C(F)(F)F)n2)c1C(=O)Nc1ccc(OC2CCCN(C(=O)OC(C)(C)C)C2)nc1. The standard InChI is InChI=1S/C25H28F3N7O4S/c1-14-20(22(40-34-14)33-18-12-29-11-17(32-18)25(26,27)28)21(36)31-15-7-8-19(30-10-15)38-16-6-5-9-35(13-16)23(37)39-24(2,3)4/h7-8,10-12,16H,5-6,9,13H2,1-4H3,(H,31,36)(H,32,33). The first kappa shape index (κ1) is 29.0. The van der Waals surface area contributed by atoms with Crippen molar-refractivity contribution in [3.05, 3.63) is 47.7 Å². The molecule has 4 heterocycles. The van der Waals surface area contributed by atoms with Gasteiger partial charge in [0.25, 0.3) is 5.91 Å². The first-order valence-electron chi connectivity index (χ1n) is 12.3. The third-order valence-corrected chi connectivity index (χ3v) is 6.42. The molecular weight excluding hydrogens is 551 g/mol. The number of carbonyl (C=O) groups excluding carboxylic acids is 2. The van der Waals surface area contributed by atoms with Crippen LogP contribution in [0.2, 0.25) is 0 Å². The van der Waals surface area contributed by atoms with Crippen LogP contribution < -0.4 is 15.4 Å². The smallest absolute Gasteiger partial charge is 0.434 e. The number of aryl methyl sites for hydroxylation is 1. The third kappa shape index (κ3) is 7.55. The number of hydrogen-bond donors (Lipinski definition) is 2. The largest absolute Gasteiger partial charge is 0.472 e. The molecule has 214 valence electrons. The van der Waals surface area contributed by atoms with Gasteiger partial charge in [0, 0.05) is 12.6 Å². The minimum absolute atomic E-state index is 0.147. The maximum Gasteiger partial charge on any atom is 0.434 e. The van der Waals surface area contributed by atoms with Crippen molar-refractivity contribution in [2.75, 3.05) is 23.7 Å². The van der Waals surface area contributed by atoms with Crippen LogP contribution in [0.5, 0.6) is 5.88 Å². The zero-order chi connectivity index (χ0) is 29.1. The highest BCUT2D eigenvalue weighted by Gasteiger charge is 2.33. The lowest BCUT2D eigenvalue weighted by atomic mass is 10.1. The van der Waals surface area contributed by atoms with Gasteiger partial charge in [-0.3, -0.25) is 9.78 Å². The number of hydrogen-bond acceptors (Lipinski definition) is 10. The van der Waals surface area contributed by atoms with Crippen LogP contribution in [0.15, 0.2) is 30.7 Å². The van der Waals surface area contributed by atoms with Crippen molar-refractivity contribution in [1.82, 2.24) is 24.2 Å². The van der Waals surface area contributed by atoms with Gasteiger partial charge < -0.3 is 25.0 Å². The fourth-order valence-electron chi connectivity index (χ4n) is 3.82. The number of likely N-dealkylation sites (tertiary alicyclic amines) is 1. The Kier molecular flexibility index (Phi) is 8.42. The molecule has 1 saturated heterocycles. The van der Waals surface area contributed by atoms with Crippen LogP contribution in [0, 0.1) is 6.92 Å². The maximum atomic E-state index is 13.0. The Hall–Kier alpha value is -4.01. The van der Waals surface area contributed by atoms with Crippen molar-refractivity contribution in [2.45, 2.75) is 58.4 Å². The number of pyridine rings is 1. The van der Waals surface area contributed by atoms with E-state index in [-0.39, 0.29) is 28.6 Å². The summed E-state index contributed by atoms with van der Waals surface area (Å²) in [5.41, 5.74) is -0.859. The quantitative estimate of drug-likeness (QED) is 0.392. The molecule has 1 fully saturated rings. The van der Waals surface area contributed by atoms with Gasteiger partial charge in [-0.05, 0) is 58.1 Å². The molecule has 3 aromatic rings. The number of alkyl halides is 3. The highest BCUT2D eigenvalue weighted by Crippen LogP contribution is 2.31. The molecule has 2 N–H and O–H groups in total. The van der Waals surface area contributed by atoms with Crippen molar-refractivity contribution in [1.29, 1.82) is 0 Å². The van der Waals surface area contributed by atoms with Crippen LogP contribution in [-0.4, -0.2) is 61.0 Å². The summed E-state index contributed by atoms with van der Waals surface area (Å²) in [7, 11) is 0. The molecular formula is C25H28F3N7O4S. The van der Waals surface area contributed by atoms with Gasteiger partial charge in [0.05, 0.1) is 42.1 Å². The molecule has 0 spiro atoms. The van der Waals surface area contributed by atoms with Gasteiger partial charge in [-0.2, -0.15) is 17.5 Å². The molecule has 1 aliphatic rings. The second-order valence-electron chi connectivity index (χ2n) is 10.0. The summed E-state index contributed by atoms with van der Waals surface area (Å²) >= 11 is 0.907. The highest BCUT2D eigenvalue weighted by atomic mass is 32.1. The molecule has 0 radical (unpaired) electrons. The lowest BCUT2D eigenvalue weighted by Crippen LogP contribution is -2.46. The average Bonchev–Trinajstić information content (AvgIpc) is 3.24. The topological polar surface area (TPSA) is 131 Å². The average molecular weight is 580 g/mol. The van der Waals surface area contributed by atoms with Crippen LogP contribution in [0.25, 0.3) is 0 Å². The van der Waals surface area contributed by atoms with E-state index in [9.17, 15) is 22.8 Å². The van der Waals surface area contributed by atoms with E-state index >= 15 is 0 Å². The summed E-state index contributed by atoms with van der Waals surface area (Å²) in [6.45, 7) is 7.99. The van der Waals surface area contributed by atoms with Gasteiger partial charge in [0.15, 0.2) is 5.69 Å². The molecule has 0 bridgehead atoms. The summed E-state index contributed by atoms with van der Waals surface area (Å²) in [4.78, 5) is 38.4. The Bertz CT molecular complexity index is 1360. The lowest BCUT2D eigenvalue weighted by molar-refractivity contribution is -0.141. The lowest BCUT2D eigenvalue weighted by Gasteiger charge is -2.33. The van der Waals surface area contributed by atoms with Gasteiger partial charge in [-0.15, -0.1) is 0 Å². The molecule has 0 saturated carbocycles. The molecule has 11 nitrogen and oxygen atoms in total. The summed E-state index contributed by atoms with van der Waals surface area (Å²) in [6.07, 6.45) is -0.658. The zero-order valence-corrected chi connectivity index (χ0v) is 23.0. The molecule has 1 atom stereocenters. The van der Waals surface area contributed by atoms with E-state index in [1.807, 2.05) is 20.8 Å². The van der Waals surface area contributed by atoms with Crippen LogP contribution in [0.1, 0.15) is 55.4 Å². The molecule has 3 aromatic heterocycles. The number of nitrogens with zero attached hydrogens (tertiary/aromatic N) is 5. The van der Waals surface area contributed by atoms with Crippen molar-refractivity contribution in [3.8, 4) is 5.88 Å². The van der Waals surface area contributed by atoms with Crippen LogP contribution in [-0.2, 0) is 10.9 Å². The number of ether oxygens (including phenoxy) is 2. The zero-order valence-electron chi connectivity index (χ0n) is 22.2. The van der Waals surface area contributed by atoms with Crippen LogP contribution >= 0.6 is 11.5 Å². The molecule has 0 aromatic carbocycles. The number of aromatic nitrogens is 4. The van der Waals surface area contributed by atoms with E-state index in [2.05, 4.69) is 30.0 Å². The number of amides is 2. The van der Waals surface area contributed by atoms with E-state index in [1.54, 1.807) is 24.0 Å². The number of nitrogens with one attached hydrogen (secondary N) is 2. The van der Waals surface area contributed by atoms with Crippen molar-refractivity contribution < 1.29 is 32.2 Å². The van der Waals surface area contributed by atoms with E-state index in [4.69, 9.17) is 9.47 Å². The second-order valence-corrected chi connectivity index (χ2v) is 10.8. The van der Waals surface area contributed by atoms with Crippen LogP contribution in [0.4, 0.5) is 34.5 Å². The third-order valence-electron chi connectivity index (χ3n) is 5.57. The van der Waals surface area contributed by atoms with E-state index < -0.39 is 23.4 Å². The monoisotopic (exact) mass is 579 g/mol. The minimum Gasteiger partial charge on any atom is -0.472 e. The molecule has 1 aliphatic heterocycles. The second kappa shape index (κ2) is 11.6. The first-order valence-corrected chi connectivity index (χ1v) is 13.1. The number of anilines is 3. The predicted octanol–water partition coefficient (Wildman–Crippen LogP) is 5.43. The number of carbonyl (C=O) groups is 2. The normalized spacial score (nSPS) is 15.9. The molecule has 1 unspecified atom stereocenters. The van der Waals surface area contributed by atoms with E-state index in [0.717, 1.165) is 30.6 Å².